The zero-order valence-electron chi connectivity index (χ0n) is 15.2. The normalized spacial score (nSPS) is 32.0. The first kappa shape index (κ1) is 16.4. The van der Waals surface area contributed by atoms with E-state index >= 15 is 0 Å². The van der Waals surface area contributed by atoms with Crippen LogP contribution in [0.1, 0.15) is 49.1 Å². The van der Waals surface area contributed by atoms with Gasteiger partial charge in [-0.25, -0.2) is 0 Å². The molecule has 0 spiro atoms. The van der Waals surface area contributed by atoms with Crippen LogP contribution in [0.3, 0.4) is 0 Å². The lowest BCUT2D eigenvalue weighted by Gasteiger charge is -2.55. The van der Waals surface area contributed by atoms with Gasteiger partial charge < -0.3 is 0 Å². The minimum atomic E-state index is 0.0735. The molecule has 1 aromatic heterocycles. The molecule has 4 saturated carbocycles. The van der Waals surface area contributed by atoms with Gasteiger partial charge in [-0.1, -0.05) is 41.7 Å². The van der Waals surface area contributed by atoms with Crippen LogP contribution < -0.4 is 4.90 Å². The van der Waals surface area contributed by atoms with Gasteiger partial charge in [0.05, 0.1) is 6.42 Å². The smallest absolute Gasteiger partial charge is 0.232 e. The quantitative estimate of drug-likeness (QED) is 0.813. The lowest BCUT2D eigenvalue weighted by Crippen LogP contribution is -2.48. The van der Waals surface area contributed by atoms with E-state index < -0.39 is 0 Å². The predicted molar refractivity (Wildman–Crippen MR) is 103 cm³/mol. The van der Waals surface area contributed by atoms with Crippen LogP contribution in [-0.2, 0) is 16.6 Å². The van der Waals surface area contributed by atoms with Crippen molar-refractivity contribution in [3.8, 4) is 0 Å². The summed E-state index contributed by atoms with van der Waals surface area (Å²) in [5.74, 6) is 2.76. The van der Waals surface area contributed by atoms with Crippen LogP contribution in [-0.4, -0.2) is 23.2 Å². The van der Waals surface area contributed by atoms with Crippen LogP contribution in [0.25, 0.3) is 0 Å². The molecule has 26 heavy (non-hydrogen) atoms. The van der Waals surface area contributed by atoms with Crippen LogP contribution in [0.15, 0.2) is 30.3 Å². The third-order valence-corrected chi connectivity index (χ3v) is 8.01. The summed E-state index contributed by atoms with van der Waals surface area (Å²) in [6.07, 6.45) is 8.56. The summed E-state index contributed by atoms with van der Waals surface area (Å²) in [6, 6.07) is 9.90. The van der Waals surface area contributed by atoms with Gasteiger partial charge in [0.25, 0.3) is 0 Å². The van der Waals surface area contributed by atoms with E-state index in [0.717, 1.165) is 28.4 Å². The molecule has 2 aromatic rings. The molecule has 0 saturated heterocycles. The number of rotatable bonds is 4. The highest BCUT2D eigenvalue weighted by Crippen LogP contribution is 2.61. The Hall–Kier alpha value is -1.75. The third kappa shape index (κ3) is 2.77. The van der Waals surface area contributed by atoms with Crippen LogP contribution in [0.2, 0.25) is 0 Å². The van der Waals surface area contributed by atoms with E-state index in [1.165, 1.54) is 43.5 Å². The third-order valence-electron chi connectivity index (χ3n) is 6.77. The lowest BCUT2D eigenvalue weighted by molar-refractivity contribution is -0.117. The summed E-state index contributed by atoms with van der Waals surface area (Å²) in [4.78, 5) is 14.3. The molecule has 1 amide bonds. The second kappa shape index (κ2) is 6.15. The number of hydrogen-bond acceptors (Lipinski definition) is 4. The molecule has 4 aliphatic carbocycles. The Morgan fingerprint density at radius 1 is 1.08 bits per heavy atom. The molecule has 4 fully saturated rings. The van der Waals surface area contributed by atoms with Gasteiger partial charge in [-0.2, -0.15) is 0 Å². The van der Waals surface area contributed by atoms with Gasteiger partial charge in [-0.3, -0.25) is 9.69 Å². The van der Waals surface area contributed by atoms with Gasteiger partial charge in [0.15, 0.2) is 0 Å². The summed E-state index contributed by atoms with van der Waals surface area (Å²) in [7, 11) is 1.83. The molecule has 0 atom stereocenters. The summed E-state index contributed by atoms with van der Waals surface area (Å²) >= 11 is 1.65. The van der Waals surface area contributed by atoms with E-state index in [1.807, 2.05) is 37.4 Å². The van der Waals surface area contributed by atoms with Crippen molar-refractivity contribution in [3.63, 3.8) is 0 Å². The number of aromatic nitrogens is 2. The fraction of sp³-hybridized carbons (Fsp3) is 0.571. The molecule has 0 radical (unpaired) electrons. The maximum Gasteiger partial charge on any atom is 0.232 e. The van der Waals surface area contributed by atoms with E-state index in [9.17, 15) is 4.79 Å². The van der Waals surface area contributed by atoms with Crippen molar-refractivity contribution in [1.29, 1.82) is 0 Å². The SMILES string of the molecule is CN(C(=O)Cc1ccccc1)c1nnc(C23CC4CC(CC(C4)C2)C3)s1. The number of hydrogen-bond donors (Lipinski definition) is 0. The number of carbonyl (C=O) groups is 1. The number of likely N-dealkylation sites (N-methyl/N-ethyl adjacent to an activating group) is 1. The number of carbonyl (C=O) groups excluding carboxylic acids is 1. The largest absolute Gasteiger partial charge is 0.290 e. The first-order valence-corrected chi connectivity index (χ1v) is 10.6. The Morgan fingerprint density at radius 2 is 1.69 bits per heavy atom. The Morgan fingerprint density at radius 3 is 2.31 bits per heavy atom. The van der Waals surface area contributed by atoms with Crippen molar-refractivity contribution in [2.24, 2.45) is 17.8 Å². The maximum atomic E-state index is 12.6. The fourth-order valence-corrected chi connectivity index (χ4v) is 6.98. The zero-order valence-corrected chi connectivity index (χ0v) is 16.0. The minimum Gasteiger partial charge on any atom is -0.290 e. The average Bonchev–Trinajstić information content (AvgIpc) is 3.12. The Labute approximate surface area is 158 Å². The standard InChI is InChI=1S/C21H25N3OS/c1-24(18(25)10-14-5-3-2-4-6-14)20-23-22-19(26-20)21-11-15-7-16(12-21)9-17(8-15)13-21/h2-6,15-17H,7-13H2,1H3. The predicted octanol–water partition coefficient (Wildman–Crippen LogP) is 4.21. The van der Waals surface area contributed by atoms with E-state index in [4.69, 9.17) is 0 Å². The topological polar surface area (TPSA) is 46.1 Å². The first-order valence-electron chi connectivity index (χ1n) is 9.76. The molecule has 4 aliphatic rings. The molecule has 5 heteroatoms. The highest BCUT2D eigenvalue weighted by molar-refractivity contribution is 7.15. The molecule has 0 unspecified atom stereocenters. The van der Waals surface area contributed by atoms with Crippen LogP contribution in [0.4, 0.5) is 5.13 Å². The monoisotopic (exact) mass is 367 g/mol. The van der Waals surface area contributed by atoms with Gasteiger partial charge in [0.1, 0.15) is 5.01 Å². The summed E-state index contributed by atoms with van der Waals surface area (Å²) < 4.78 is 0. The Balaban J connectivity index is 1.34. The highest BCUT2D eigenvalue weighted by atomic mass is 32.1. The van der Waals surface area contributed by atoms with Crippen LogP contribution in [0.5, 0.6) is 0 Å². The molecule has 4 nitrogen and oxygen atoms in total. The molecular formula is C21H25N3OS. The maximum absolute atomic E-state index is 12.6. The van der Waals surface area contributed by atoms with E-state index in [1.54, 1.807) is 16.2 Å². The number of anilines is 1. The van der Waals surface area contributed by atoms with Gasteiger partial charge in [-0.05, 0) is 61.8 Å². The molecule has 1 heterocycles. The summed E-state index contributed by atoms with van der Waals surface area (Å²) in [5, 5.41) is 10.9. The van der Waals surface area contributed by atoms with Crippen molar-refractivity contribution < 1.29 is 4.79 Å². The second-order valence-electron chi connectivity index (χ2n) is 8.70. The van der Waals surface area contributed by atoms with Gasteiger partial charge >= 0.3 is 0 Å². The molecule has 0 N–H and O–H groups in total. The van der Waals surface area contributed by atoms with E-state index in [2.05, 4.69) is 10.2 Å². The second-order valence-corrected chi connectivity index (χ2v) is 9.66. The molecule has 1 aromatic carbocycles. The van der Waals surface area contributed by atoms with Crippen LogP contribution in [0, 0.1) is 17.8 Å². The van der Waals surface area contributed by atoms with Crippen molar-refractivity contribution in [3.05, 3.63) is 40.9 Å². The van der Waals surface area contributed by atoms with Crippen molar-refractivity contribution in [2.75, 3.05) is 11.9 Å². The van der Waals surface area contributed by atoms with Crippen molar-refractivity contribution in [2.45, 2.75) is 50.4 Å². The number of nitrogens with zero attached hydrogens (tertiary/aromatic N) is 3. The Bertz CT molecular complexity index is 780. The van der Waals surface area contributed by atoms with Crippen molar-refractivity contribution in [1.82, 2.24) is 10.2 Å². The molecule has 6 rings (SSSR count). The molecule has 0 aliphatic heterocycles. The van der Waals surface area contributed by atoms with Crippen LogP contribution >= 0.6 is 11.3 Å². The fourth-order valence-electron chi connectivity index (χ4n) is 5.93. The van der Waals surface area contributed by atoms with E-state index in [0.29, 0.717) is 6.42 Å². The molecule has 136 valence electrons. The lowest BCUT2D eigenvalue weighted by atomic mass is 9.50. The average molecular weight is 368 g/mol. The summed E-state index contributed by atoms with van der Waals surface area (Å²) in [5.41, 5.74) is 1.30. The van der Waals surface area contributed by atoms with Crippen molar-refractivity contribution >= 4 is 22.4 Å². The first-order chi connectivity index (χ1) is 12.6. The highest BCUT2D eigenvalue weighted by Gasteiger charge is 2.53. The molecule has 4 bridgehead atoms. The minimum absolute atomic E-state index is 0.0735. The van der Waals surface area contributed by atoms with Gasteiger partial charge in [-0.15, -0.1) is 10.2 Å². The van der Waals surface area contributed by atoms with E-state index in [-0.39, 0.29) is 11.3 Å². The summed E-state index contributed by atoms with van der Waals surface area (Å²) in [6.45, 7) is 0. The Kier molecular flexibility index (Phi) is 3.89. The van der Waals surface area contributed by atoms with Gasteiger partial charge in [0.2, 0.25) is 11.0 Å². The van der Waals surface area contributed by atoms with Gasteiger partial charge in [0, 0.05) is 12.5 Å². The molecular weight excluding hydrogens is 342 g/mol. The number of amides is 1. The number of benzene rings is 1. The zero-order chi connectivity index (χ0) is 17.7.